The maximum Gasteiger partial charge on any atom is 0.396 e. The minimum absolute atomic E-state index is 0.0640. The standard InChI is InChI=1S/C12H13N3O4S/c1-2-18-11(17)10-13-14-12(19-10)20-8-7-15-6-4-3-5-9(15)16/h3-6H,2,7-8H2,1H3. The van der Waals surface area contributed by atoms with Gasteiger partial charge in [-0.2, -0.15) is 0 Å². The molecule has 8 heteroatoms. The summed E-state index contributed by atoms with van der Waals surface area (Å²) in [5, 5.41) is 7.60. The zero-order valence-corrected chi connectivity index (χ0v) is 11.6. The van der Waals surface area contributed by atoms with Crippen molar-refractivity contribution in [2.24, 2.45) is 0 Å². The zero-order chi connectivity index (χ0) is 14.4. The SMILES string of the molecule is CCOC(=O)c1nnc(SCCn2ccccc2=O)o1. The summed E-state index contributed by atoms with van der Waals surface area (Å²) in [6.07, 6.45) is 1.71. The van der Waals surface area contributed by atoms with Gasteiger partial charge < -0.3 is 13.7 Å². The number of aryl methyl sites for hydroxylation is 1. The highest BCUT2D eigenvalue weighted by atomic mass is 32.2. The second-order valence-corrected chi connectivity index (χ2v) is 4.72. The topological polar surface area (TPSA) is 87.2 Å². The van der Waals surface area contributed by atoms with Crippen molar-refractivity contribution >= 4 is 17.7 Å². The molecule has 0 radical (unpaired) electrons. The highest BCUT2D eigenvalue weighted by Crippen LogP contribution is 2.16. The van der Waals surface area contributed by atoms with Gasteiger partial charge in [0.05, 0.1) is 6.61 Å². The van der Waals surface area contributed by atoms with Gasteiger partial charge in [0.25, 0.3) is 10.8 Å². The molecule has 2 aromatic heterocycles. The van der Waals surface area contributed by atoms with Crippen LogP contribution in [0.1, 0.15) is 17.6 Å². The minimum atomic E-state index is -0.633. The van der Waals surface area contributed by atoms with Crippen molar-refractivity contribution in [3.8, 4) is 0 Å². The summed E-state index contributed by atoms with van der Waals surface area (Å²) in [6, 6.07) is 4.98. The maximum atomic E-state index is 11.5. The highest BCUT2D eigenvalue weighted by Gasteiger charge is 2.15. The molecule has 0 atom stereocenters. The van der Waals surface area contributed by atoms with Crippen molar-refractivity contribution < 1.29 is 13.9 Å². The van der Waals surface area contributed by atoms with Gasteiger partial charge in [-0.1, -0.05) is 22.9 Å². The van der Waals surface area contributed by atoms with Crippen LogP contribution in [0.25, 0.3) is 0 Å². The third-order valence-electron chi connectivity index (χ3n) is 2.31. The molecular formula is C12H13N3O4S. The Morgan fingerprint density at radius 1 is 1.45 bits per heavy atom. The monoisotopic (exact) mass is 295 g/mol. The molecule has 0 saturated heterocycles. The fourth-order valence-electron chi connectivity index (χ4n) is 1.42. The summed E-state index contributed by atoms with van der Waals surface area (Å²) in [5.41, 5.74) is -0.0640. The Bertz CT molecular complexity index is 637. The van der Waals surface area contributed by atoms with Crippen LogP contribution >= 0.6 is 11.8 Å². The van der Waals surface area contributed by atoms with E-state index in [2.05, 4.69) is 10.2 Å². The molecule has 0 saturated carbocycles. The third-order valence-corrected chi connectivity index (χ3v) is 3.11. The van der Waals surface area contributed by atoms with Crippen molar-refractivity contribution in [2.75, 3.05) is 12.4 Å². The molecule has 106 valence electrons. The lowest BCUT2D eigenvalue weighted by Crippen LogP contribution is -2.18. The molecule has 0 amide bonds. The molecule has 0 fully saturated rings. The average molecular weight is 295 g/mol. The van der Waals surface area contributed by atoms with Crippen LogP contribution in [0.4, 0.5) is 0 Å². The molecule has 0 bridgehead atoms. The van der Waals surface area contributed by atoms with Crippen LogP contribution in [0, 0.1) is 0 Å². The number of pyridine rings is 1. The average Bonchev–Trinajstić information content (AvgIpc) is 2.90. The smallest absolute Gasteiger partial charge is 0.396 e. The molecule has 0 spiro atoms. The van der Waals surface area contributed by atoms with Gasteiger partial charge >= 0.3 is 11.9 Å². The lowest BCUT2D eigenvalue weighted by atomic mass is 10.5. The molecular weight excluding hydrogens is 282 g/mol. The van der Waals surface area contributed by atoms with E-state index in [9.17, 15) is 9.59 Å². The largest absolute Gasteiger partial charge is 0.459 e. The summed E-state index contributed by atoms with van der Waals surface area (Å²) < 4.78 is 11.5. The van der Waals surface area contributed by atoms with E-state index >= 15 is 0 Å². The fraction of sp³-hybridized carbons (Fsp3) is 0.333. The van der Waals surface area contributed by atoms with Gasteiger partial charge in [-0.25, -0.2) is 4.79 Å². The van der Waals surface area contributed by atoms with Gasteiger partial charge in [-0.3, -0.25) is 4.79 Å². The van der Waals surface area contributed by atoms with Crippen LogP contribution in [-0.2, 0) is 11.3 Å². The first-order valence-corrected chi connectivity index (χ1v) is 6.98. The minimum Gasteiger partial charge on any atom is -0.459 e. The first-order valence-electron chi connectivity index (χ1n) is 5.99. The first-order chi connectivity index (χ1) is 9.70. The molecule has 0 N–H and O–H groups in total. The number of carbonyl (C=O) groups is 1. The summed E-state index contributed by atoms with van der Waals surface area (Å²) in [7, 11) is 0. The van der Waals surface area contributed by atoms with Crippen LogP contribution in [-0.4, -0.2) is 33.1 Å². The number of hydrogen-bond donors (Lipinski definition) is 0. The molecule has 0 aromatic carbocycles. The van der Waals surface area contributed by atoms with E-state index in [1.807, 2.05) is 0 Å². The summed E-state index contributed by atoms with van der Waals surface area (Å²) >= 11 is 1.27. The van der Waals surface area contributed by atoms with Gasteiger partial charge in [-0.05, 0) is 13.0 Å². The van der Waals surface area contributed by atoms with Gasteiger partial charge in [-0.15, -0.1) is 5.10 Å². The molecule has 0 aliphatic heterocycles. The third kappa shape index (κ3) is 3.70. The van der Waals surface area contributed by atoms with Gasteiger partial charge in [0, 0.05) is 24.6 Å². The summed E-state index contributed by atoms with van der Waals surface area (Å²) in [5.74, 6) is -0.216. The van der Waals surface area contributed by atoms with Crippen molar-refractivity contribution in [3.63, 3.8) is 0 Å². The molecule has 2 aromatic rings. The Hall–Kier alpha value is -2.09. The Morgan fingerprint density at radius 3 is 3.05 bits per heavy atom. The molecule has 20 heavy (non-hydrogen) atoms. The van der Waals surface area contributed by atoms with E-state index < -0.39 is 5.97 Å². The second kappa shape index (κ2) is 6.90. The predicted octanol–water partition coefficient (Wildman–Crippen LogP) is 1.20. The molecule has 7 nitrogen and oxygen atoms in total. The van der Waals surface area contributed by atoms with Crippen LogP contribution < -0.4 is 5.56 Å². The van der Waals surface area contributed by atoms with E-state index in [-0.39, 0.29) is 23.3 Å². The van der Waals surface area contributed by atoms with E-state index in [0.717, 1.165) is 0 Å². The molecule has 2 rings (SSSR count). The summed E-state index contributed by atoms with van der Waals surface area (Å²) in [6.45, 7) is 2.46. The van der Waals surface area contributed by atoms with Crippen LogP contribution in [0.5, 0.6) is 0 Å². The van der Waals surface area contributed by atoms with Gasteiger partial charge in [0.1, 0.15) is 0 Å². The Kier molecular flexibility index (Phi) is 4.94. The van der Waals surface area contributed by atoms with Gasteiger partial charge in [0.2, 0.25) is 0 Å². The lowest BCUT2D eigenvalue weighted by Gasteiger charge is -2.02. The summed E-state index contributed by atoms with van der Waals surface area (Å²) in [4.78, 5) is 22.8. The number of rotatable bonds is 6. The van der Waals surface area contributed by atoms with Crippen LogP contribution in [0.15, 0.2) is 38.8 Å². The second-order valence-electron chi connectivity index (χ2n) is 3.67. The molecule has 0 aliphatic rings. The highest BCUT2D eigenvalue weighted by molar-refractivity contribution is 7.99. The predicted molar refractivity (Wildman–Crippen MR) is 71.7 cm³/mol. The quantitative estimate of drug-likeness (QED) is 0.584. The zero-order valence-electron chi connectivity index (χ0n) is 10.8. The number of thioether (sulfide) groups is 1. The van der Waals surface area contributed by atoms with E-state index in [1.54, 1.807) is 29.8 Å². The number of nitrogens with zero attached hydrogens (tertiary/aromatic N) is 3. The Morgan fingerprint density at radius 2 is 2.30 bits per heavy atom. The van der Waals surface area contributed by atoms with E-state index in [1.165, 1.54) is 17.8 Å². The van der Waals surface area contributed by atoms with Crippen molar-refractivity contribution in [3.05, 3.63) is 40.6 Å². The first kappa shape index (κ1) is 14.3. The van der Waals surface area contributed by atoms with Crippen LogP contribution in [0.3, 0.4) is 0 Å². The molecule has 0 unspecified atom stereocenters. The van der Waals surface area contributed by atoms with Crippen LogP contribution in [0.2, 0.25) is 0 Å². The maximum absolute atomic E-state index is 11.5. The Balaban J connectivity index is 1.87. The molecule has 2 heterocycles. The lowest BCUT2D eigenvalue weighted by molar-refractivity contribution is 0.0475. The van der Waals surface area contributed by atoms with Crippen molar-refractivity contribution in [1.29, 1.82) is 0 Å². The number of carbonyl (C=O) groups excluding carboxylic acids is 1. The number of esters is 1. The van der Waals surface area contributed by atoms with E-state index in [4.69, 9.17) is 9.15 Å². The number of aromatic nitrogens is 3. The Labute approximate surface area is 119 Å². The van der Waals surface area contributed by atoms with E-state index in [0.29, 0.717) is 12.3 Å². The fourth-order valence-corrected chi connectivity index (χ4v) is 2.12. The van der Waals surface area contributed by atoms with Crippen molar-refractivity contribution in [2.45, 2.75) is 18.7 Å². The number of hydrogen-bond acceptors (Lipinski definition) is 7. The van der Waals surface area contributed by atoms with Gasteiger partial charge in [0.15, 0.2) is 0 Å². The normalized spacial score (nSPS) is 10.4. The molecule has 0 aliphatic carbocycles. The number of ether oxygens (including phenoxy) is 1. The van der Waals surface area contributed by atoms with Crippen molar-refractivity contribution in [1.82, 2.24) is 14.8 Å².